The summed E-state index contributed by atoms with van der Waals surface area (Å²) in [6.07, 6.45) is 5.43. The van der Waals surface area contributed by atoms with Gasteiger partial charge in [0.25, 0.3) is 0 Å². The molecule has 0 aromatic carbocycles. The quantitative estimate of drug-likeness (QED) is 0.857. The number of aryl methyl sites for hydroxylation is 1. The summed E-state index contributed by atoms with van der Waals surface area (Å²) in [7, 11) is 1.93. The first kappa shape index (κ1) is 11.0. The molecule has 0 aliphatic heterocycles. The molecule has 0 radical (unpaired) electrons. The molecule has 0 aliphatic carbocycles. The van der Waals surface area contributed by atoms with Gasteiger partial charge in [-0.15, -0.1) is 0 Å². The molecule has 4 nitrogen and oxygen atoms in total. The van der Waals surface area contributed by atoms with Gasteiger partial charge in [-0.05, 0) is 6.07 Å². The number of nitrogens with zero attached hydrogens (tertiary/aromatic N) is 2. The Morgan fingerprint density at radius 2 is 2.31 bits per heavy atom. The van der Waals surface area contributed by atoms with Crippen molar-refractivity contribution < 1.29 is 4.42 Å². The maximum atomic E-state index is 5.09. The van der Waals surface area contributed by atoms with Crippen LogP contribution in [0.5, 0.6) is 0 Å². The zero-order chi connectivity index (χ0) is 11.5. The molecule has 0 saturated heterocycles. The molecule has 0 aliphatic rings. The van der Waals surface area contributed by atoms with E-state index in [4.69, 9.17) is 4.42 Å². The number of furan rings is 1. The standard InChI is InChI=1S/C12H17N3O/c1-9(2)13-6-11-7-15(3)14-12(11)10-4-5-16-8-10/h4-5,7-9,13H,6H2,1-3H3. The summed E-state index contributed by atoms with van der Waals surface area (Å²) in [5.41, 5.74) is 3.21. The molecular formula is C12H17N3O. The molecule has 0 unspecified atom stereocenters. The van der Waals surface area contributed by atoms with Crippen molar-refractivity contribution in [3.8, 4) is 11.3 Å². The molecular weight excluding hydrogens is 202 g/mol. The number of nitrogens with one attached hydrogen (secondary N) is 1. The summed E-state index contributed by atoms with van der Waals surface area (Å²) in [6, 6.07) is 2.40. The SMILES string of the molecule is CC(C)NCc1cn(C)nc1-c1ccoc1. The Kier molecular flexibility index (Phi) is 3.10. The lowest BCUT2D eigenvalue weighted by Gasteiger charge is -2.06. The van der Waals surface area contributed by atoms with Gasteiger partial charge in [-0.1, -0.05) is 13.8 Å². The Morgan fingerprint density at radius 3 is 2.94 bits per heavy atom. The normalized spacial score (nSPS) is 11.2. The van der Waals surface area contributed by atoms with Gasteiger partial charge >= 0.3 is 0 Å². The van der Waals surface area contributed by atoms with Crippen LogP contribution >= 0.6 is 0 Å². The number of aromatic nitrogens is 2. The van der Waals surface area contributed by atoms with Crippen LogP contribution in [0.25, 0.3) is 11.3 Å². The van der Waals surface area contributed by atoms with Gasteiger partial charge in [-0.2, -0.15) is 5.10 Å². The van der Waals surface area contributed by atoms with Crippen molar-refractivity contribution in [1.29, 1.82) is 0 Å². The Balaban J connectivity index is 2.24. The zero-order valence-corrected chi connectivity index (χ0v) is 9.90. The van der Waals surface area contributed by atoms with Crippen molar-refractivity contribution in [2.45, 2.75) is 26.4 Å². The lowest BCUT2D eigenvalue weighted by atomic mass is 10.1. The Morgan fingerprint density at radius 1 is 1.50 bits per heavy atom. The van der Waals surface area contributed by atoms with Crippen LogP contribution < -0.4 is 5.32 Å². The third kappa shape index (κ3) is 2.33. The minimum absolute atomic E-state index is 0.470. The molecule has 0 amide bonds. The molecule has 0 atom stereocenters. The fraction of sp³-hybridized carbons (Fsp3) is 0.417. The van der Waals surface area contributed by atoms with E-state index in [0.29, 0.717) is 6.04 Å². The molecule has 0 spiro atoms. The summed E-state index contributed by atoms with van der Waals surface area (Å²) in [4.78, 5) is 0. The first-order valence-electron chi connectivity index (χ1n) is 5.45. The van der Waals surface area contributed by atoms with Gasteiger partial charge in [0.05, 0.1) is 18.2 Å². The topological polar surface area (TPSA) is 43.0 Å². The van der Waals surface area contributed by atoms with Gasteiger partial charge in [-0.25, -0.2) is 0 Å². The third-order valence-corrected chi connectivity index (χ3v) is 2.40. The van der Waals surface area contributed by atoms with Crippen LogP contribution in [-0.4, -0.2) is 15.8 Å². The van der Waals surface area contributed by atoms with Crippen LogP contribution in [-0.2, 0) is 13.6 Å². The summed E-state index contributed by atoms with van der Waals surface area (Å²) in [6.45, 7) is 5.09. The molecule has 2 rings (SSSR count). The van der Waals surface area contributed by atoms with Crippen molar-refractivity contribution in [2.24, 2.45) is 7.05 Å². The van der Waals surface area contributed by atoms with Crippen molar-refractivity contribution in [1.82, 2.24) is 15.1 Å². The average Bonchev–Trinajstić information content (AvgIpc) is 2.82. The summed E-state index contributed by atoms with van der Waals surface area (Å²) >= 11 is 0. The zero-order valence-electron chi connectivity index (χ0n) is 9.90. The van der Waals surface area contributed by atoms with Crippen molar-refractivity contribution in [3.05, 3.63) is 30.4 Å². The van der Waals surface area contributed by atoms with Crippen LogP contribution in [0.15, 0.2) is 29.2 Å². The lowest BCUT2D eigenvalue weighted by molar-refractivity contribution is 0.567. The maximum absolute atomic E-state index is 5.09. The van der Waals surface area contributed by atoms with Crippen molar-refractivity contribution in [3.63, 3.8) is 0 Å². The van der Waals surface area contributed by atoms with E-state index in [1.54, 1.807) is 12.5 Å². The highest BCUT2D eigenvalue weighted by atomic mass is 16.3. The van der Waals surface area contributed by atoms with E-state index in [2.05, 4.69) is 24.3 Å². The first-order valence-corrected chi connectivity index (χ1v) is 5.45. The fourth-order valence-electron chi connectivity index (χ4n) is 1.62. The van der Waals surface area contributed by atoms with E-state index in [1.807, 2.05) is 24.0 Å². The highest BCUT2D eigenvalue weighted by molar-refractivity contribution is 5.61. The van der Waals surface area contributed by atoms with E-state index >= 15 is 0 Å². The smallest absolute Gasteiger partial charge is 0.1000 e. The lowest BCUT2D eigenvalue weighted by Crippen LogP contribution is -2.21. The monoisotopic (exact) mass is 219 g/mol. The van der Waals surface area contributed by atoms with Gasteiger partial charge in [0.1, 0.15) is 0 Å². The third-order valence-electron chi connectivity index (χ3n) is 2.40. The van der Waals surface area contributed by atoms with Crippen LogP contribution in [0.4, 0.5) is 0 Å². The minimum Gasteiger partial charge on any atom is -0.472 e. The Hall–Kier alpha value is -1.55. The highest BCUT2D eigenvalue weighted by Crippen LogP contribution is 2.22. The number of hydrogen-bond donors (Lipinski definition) is 1. The average molecular weight is 219 g/mol. The van der Waals surface area contributed by atoms with Crippen LogP contribution in [0, 0.1) is 0 Å². The molecule has 0 saturated carbocycles. The number of rotatable bonds is 4. The Labute approximate surface area is 95.3 Å². The predicted molar refractivity (Wildman–Crippen MR) is 62.9 cm³/mol. The summed E-state index contributed by atoms with van der Waals surface area (Å²) < 4.78 is 6.92. The second kappa shape index (κ2) is 4.53. The molecule has 86 valence electrons. The van der Waals surface area contributed by atoms with Crippen molar-refractivity contribution in [2.75, 3.05) is 0 Å². The van der Waals surface area contributed by atoms with E-state index in [-0.39, 0.29) is 0 Å². The molecule has 0 bridgehead atoms. The molecule has 4 heteroatoms. The number of hydrogen-bond acceptors (Lipinski definition) is 3. The molecule has 2 aromatic heterocycles. The predicted octanol–water partition coefficient (Wildman–Crippen LogP) is 2.18. The second-order valence-corrected chi connectivity index (χ2v) is 4.22. The van der Waals surface area contributed by atoms with Crippen LogP contribution in [0.3, 0.4) is 0 Å². The van der Waals surface area contributed by atoms with Gasteiger partial charge in [0.2, 0.25) is 0 Å². The second-order valence-electron chi connectivity index (χ2n) is 4.22. The minimum atomic E-state index is 0.470. The van der Waals surface area contributed by atoms with E-state index < -0.39 is 0 Å². The largest absolute Gasteiger partial charge is 0.472 e. The van der Waals surface area contributed by atoms with Crippen molar-refractivity contribution >= 4 is 0 Å². The molecule has 2 aromatic rings. The Bertz CT molecular complexity index is 443. The summed E-state index contributed by atoms with van der Waals surface area (Å²) in [5, 5.41) is 7.84. The first-order chi connectivity index (χ1) is 7.66. The molecule has 1 N–H and O–H groups in total. The fourth-order valence-corrected chi connectivity index (χ4v) is 1.62. The summed E-state index contributed by atoms with van der Waals surface area (Å²) in [5.74, 6) is 0. The van der Waals surface area contributed by atoms with Crippen LogP contribution in [0.2, 0.25) is 0 Å². The maximum Gasteiger partial charge on any atom is 0.1000 e. The van der Waals surface area contributed by atoms with Gasteiger partial charge in [0.15, 0.2) is 0 Å². The molecule has 0 fully saturated rings. The molecule has 2 heterocycles. The van der Waals surface area contributed by atoms with E-state index in [9.17, 15) is 0 Å². The van der Waals surface area contributed by atoms with Gasteiger partial charge < -0.3 is 9.73 Å². The van der Waals surface area contributed by atoms with Gasteiger partial charge in [-0.3, -0.25) is 4.68 Å². The highest BCUT2D eigenvalue weighted by Gasteiger charge is 2.10. The van der Waals surface area contributed by atoms with E-state index in [0.717, 1.165) is 17.8 Å². The van der Waals surface area contributed by atoms with E-state index in [1.165, 1.54) is 5.56 Å². The van der Waals surface area contributed by atoms with Crippen LogP contribution in [0.1, 0.15) is 19.4 Å². The van der Waals surface area contributed by atoms with Gasteiger partial charge in [0, 0.05) is 37.0 Å². The molecule has 16 heavy (non-hydrogen) atoms.